The maximum atomic E-state index is 12.7. The molecule has 0 heterocycles. The van der Waals surface area contributed by atoms with Gasteiger partial charge in [0.2, 0.25) is 11.8 Å². The molecule has 0 aromatic heterocycles. The molecule has 2 rings (SSSR count). The highest BCUT2D eigenvalue weighted by Crippen LogP contribution is 2.19. The number of aliphatic carboxylic acids is 1. The van der Waals surface area contributed by atoms with Crippen molar-refractivity contribution in [2.75, 3.05) is 7.05 Å². The molecule has 0 fully saturated rings. The molecule has 0 unspecified atom stereocenters. The van der Waals surface area contributed by atoms with Crippen molar-refractivity contribution in [3.05, 3.63) is 48.0 Å². The van der Waals surface area contributed by atoms with Crippen molar-refractivity contribution in [2.24, 2.45) is 11.8 Å². The van der Waals surface area contributed by atoms with Crippen LogP contribution in [0.4, 0.5) is 0 Å². The van der Waals surface area contributed by atoms with Crippen molar-refractivity contribution in [1.29, 1.82) is 0 Å². The lowest BCUT2D eigenvalue weighted by Gasteiger charge is -2.22. The van der Waals surface area contributed by atoms with Crippen LogP contribution in [0.5, 0.6) is 0 Å². The number of carboxylic acids is 1. The number of hydrogen-bond donors (Lipinski definition) is 3. The van der Waals surface area contributed by atoms with Gasteiger partial charge < -0.3 is 15.7 Å². The molecule has 0 aliphatic rings. The van der Waals surface area contributed by atoms with Gasteiger partial charge in [-0.2, -0.15) is 0 Å². The second-order valence-electron chi connectivity index (χ2n) is 7.49. The maximum Gasteiger partial charge on any atom is 0.304 e. The number of amides is 2. The van der Waals surface area contributed by atoms with Crippen molar-refractivity contribution in [2.45, 2.75) is 39.2 Å². The van der Waals surface area contributed by atoms with E-state index in [1.54, 1.807) is 0 Å². The largest absolute Gasteiger partial charge is 0.481 e. The Balaban J connectivity index is 2.18. The standard InChI is InChI=1S/C22H28N2O4/c1-14(2)10-18(13-20(25)26)21(27)24-19(22(28)23-3)12-15-8-9-16-6-4-5-7-17(16)11-15/h4-9,11,14,18-19H,10,12-13H2,1-3H3,(H,23,28)(H,24,27)(H,25,26)/t18-,19+/m1/s1. The molecule has 0 bridgehead atoms. The van der Waals surface area contributed by atoms with Crippen LogP contribution in [-0.4, -0.2) is 36.0 Å². The van der Waals surface area contributed by atoms with Gasteiger partial charge in [0.1, 0.15) is 6.04 Å². The summed E-state index contributed by atoms with van der Waals surface area (Å²) in [6, 6.07) is 13.1. The van der Waals surface area contributed by atoms with E-state index in [9.17, 15) is 14.4 Å². The summed E-state index contributed by atoms with van der Waals surface area (Å²) >= 11 is 0. The number of nitrogens with one attached hydrogen (secondary N) is 2. The summed E-state index contributed by atoms with van der Waals surface area (Å²) in [6.07, 6.45) is 0.534. The molecule has 0 saturated carbocycles. The van der Waals surface area contributed by atoms with E-state index in [0.717, 1.165) is 16.3 Å². The normalized spacial score (nSPS) is 13.1. The highest BCUT2D eigenvalue weighted by atomic mass is 16.4. The van der Waals surface area contributed by atoms with E-state index in [-0.39, 0.29) is 18.2 Å². The van der Waals surface area contributed by atoms with Crippen LogP contribution in [0.3, 0.4) is 0 Å². The number of hydrogen-bond acceptors (Lipinski definition) is 3. The van der Waals surface area contributed by atoms with E-state index >= 15 is 0 Å². The molecule has 28 heavy (non-hydrogen) atoms. The summed E-state index contributed by atoms with van der Waals surface area (Å²) in [4.78, 5) is 36.2. The molecule has 0 radical (unpaired) electrons. The van der Waals surface area contributed by atoms with Crippen molar-refractivity contribution in [3.63, 3.8) is 0 Å². The molecule has 3 N–H and O–H groups in total. The smallest absolute Gasteiger partial charge is 0.304 e. The monoisotopic (exact) mass is 384 g/mol. The highest BCUT2D eigenvalue weighted by molar-refractivity contribution is 5.90. The molecule has 0 saturated heterocycles. The number of carbonyl (C=O) groups is 3. The number of benzene rings is 2. The van der Waals surface area contributed by atoms with E-state index in [2.05, 4.69) is 10.6 Å². The van der Waals surface area contributed by atoms with Crippen LogP contribution < -0.4 is 10.6 Å². The van der Waals surface area contributed by atoms with Gasteiger partial charge in [-0.05, 0) is 28.7 Å². The van der Waals surface area contributed by atoms with Crippen molar-refractivity contribution < 1.29 is 19.5 Å². The topological polar surface area (TPSA) is 95.5 Å². The Bertz CT molecular complexity index is 847. The minimum absolute atomic E-state index is 0.175. The van der Waals surface area contributed by atoms with Crippen LogP contribution in [0.1, 0.15) is 32.3 Å². The zero-order valence-electron chi connectivity index (χ0n) is 16.6. The first-order valence-corrected chi connectivity index (χ1v) is 9.51. The summed E-state index contributed by atoms with van der Waals surface area (Å²) in [5.41, 5.74) is 0.922. The molecule has 150 valence electrons. The average molecular weight is 384 g/mol. The number of likely N-dealkylation sites (N-methyl/N-ethyl adjacent to an activating group) is 1. The fourth-order valence-electron chi connectivity index (χ4n) is 3.34. The Morgan fingerprint density at radius 1 is 1.00 bits per heavy atom. The number of rotatable bonds is 9. The molecule has 2 aromatic rings. The molecule has 6 heteroatoms. The van der Waals surface area contributed by atoms with Gasteiger partial charge >= 0.3 is 5.97 Å². The third-order valence-corrected chi connectivity index (χ3v) is 4.68. The van der Waals surface area contributed by atoms with E-state index in [4.69, 9.17) is 5.11 Å². The van der Waals surface area contributed by atoms with E-state index in [1.165, 1.54) is 7.05 Å². The van der Waals surface area contributed by atoms with Gasteiger partial charge in [0.25, 0.3) is 0 Å². The van der Waals surface area contributed by atoms with E-state index in [1.807, 2.05) is 56.3 Å². The molecular weight excluding hydrogens is 356 g/mol. The molecular formula is C22H28N2O4. The van der Waals surface area contributed by atoms with E-state index < -0.39 is 23.8 Å². The SMILES string of the molecule is CNC(=O)[C@H](Cc1ccc2ccccc2c1)NC(=O)[C@@H](CC(=O)O)CC(C)C. The fourth-order valence-corrected chi connectivity index (χ4v) is 3.34. The summed E-state index contributed by atoms with van der Waals surface area (Å²) in [5, 5.41) is 16.6. The maximum absolute atomic E-state index is 12.7. The van der Waals surface area contributed by atoms with Crippen LogP contribution in [0.2, 0.25) is 0 Å². The van der Waals surface area contributed by atoms with Crippen LogP contribution in [0, 0.1) is 11.8 Å². The molecule has 2 atom stereocenters. The Kier molecular flexibility index (Phi) is 7.55. The minimum atomic E-state index is -1.02. The van der Waals surface area contributed by atoms with Crippen molar-refractivity contribution in [3.8, 4) is 0 Å². The fraction of sp³-hybridized carbons (Fsp3) is 0.409. The predicted molar refractivity (Wildman–Crippen MR) is 109 cm³/mol. The highest BCUT2D eigenvalue weighted by Gasteiger charge is 2.27. The lowest BCUT2D eigenvalue weighted by Crippen LogP contribution is -2.49. The Hall–Kier alpha value is -2.89. The van der Waals surface area contributed by atoms with Crippen molar-refractivity contribution in [1.82, 2.24) is 10.6 Å². The second kappa shape index (κ2) is 9.88. The molecule has 0 spiro atoms. The Morgan fingerprint density at radius 2 is 1.68 bits per heavy atom. The number of fused-ring (bicyclic) bond motifs is 1. The summed E-state index contributed by atoms with van der Waals surface area (Å²) in [6.45, 7) is 3.88. The molecule has 2 amide bonds. The third kappa shape index (κ3) is 6.08. The lowest BCUT2D eigenvalue weighted by molar-refractivity contribution is -0.141. The van der Waals surface area contributed by atoms with Crippen LogP contribution in [0.15, 0.2) is 42.5 Å². The number of carbonyl (C=O) groups excluding carboxylic acids is 2. The average Bonchev–Trinajstić information content (AvgIpc) is 2.65. The van der Waals surface area contributed by atoms with Gasteiger partial charge in [-0.1, -0.05) is 56.3 Å². The first-order valence-electron chi connectivity index (χ1n) is 9.51. The van der Waals surface area contributed by atoms with Gasteiger partial charge in [-0.15, -0.1) is 0 Å². The quantitative estimate of drug-likeness (QED) is 0.619. The number of carboxylic acid groups (broad SMARTS) is 1. The second-order valence-corrected chi connectivity index (χ2v) is 7.49. The first-order chi connectivity index (χ1) is 13.3. The van der Waals surface area contributed by atoms with Gasteiger partial charge in [-0.25, -0.2) is 0 Å². The lowest BCUT2D eigenvalue weighted by atomic mass is 9.92. The summed E-state index contributed by atoms with van der Waals surface area (Å²) < 4.78 is 0. The van der Waals surface area contributed by atoms with Crippen LogP contribution in [0.25, 0.3) is 10.8 Å². The zero-order valence-corrected chi connectivity index (χ0v) is 16.6. The van der Waals surface area contributed by atoms with Gasteiger partial charge in [0.15, 0.2) is 0 Å². The van der Waals surface area contributed by atoms with Gasteiger partial charge in [0, 0.05) is 19.4 Å². The molecule has 0 aliphatic heterocycles. The van der Waals surface area contributed by atoms with Crippen LogP contribution >= 0.6 is 0 Å². The van der Waals surface area contributed by atoms with Gasteiger partial charge in [0.05, 0.1) is 6.42 Å². The van der Waals surface area contributed by atoms with Crippen molar-refractivity contribution >= 4 is 28.6 Å². The zero-order chi connectivity index (χ0) is 20.7. The molecule has 6 nitrogen and oxygen atoms in total. The molecule has 2 aromatic carbocycles. The summed E-state index contributed by atoms with van der Waals surface area (Å²) in [7, 11) is 1.52. The summed E-state index contributed by atoms with van der Waals surface area (Å²) in [5.74, 6) is -2.22. The van der Waals surface area contributed by atoms with E-state index in [0.29, 0.717) is 12.8 Å². The third-order valence-electron chi connectivity index (χ3n) is 4.68. The van der Waals surface area contributed by atoms with Crippen LogP contribution in [-0.2, 0) is 20.8 Å². The Labute approximate surface area is 165 Å². The Morgan fingerprint density at radius 3 is 2.29 bits per heavy atom. The van der Waals surface area contributed by atoms with Gasteiger partial charge in [-0.3, -0.25) is 14.4 Å². The first kappa shape index (κ1) is 21.4. The predicted octanol–water partition coefficient (Wildman–Crippen LogP) is 2.75. The minimum Gasteiger partial charge on any atom is -0.481 e. The molecule has 0 aliphatic carbocycles.